The molecule has 2 aromatic rings. The van der Waals surface area contributed by atoms with Gasteiger partial charge in [-0.15, -0.1) is 0 Å². The van der Waals surface area contributed by atoms with Gasteiger partial charge in [-0.2, -0.15) is 0 Å². The number of ether oxygens (including phenoxy) is 3. The summed E-state index contributed by atoms with van der Waals surface area (Å²) in [5.41, 5.74) is 1.53. The lowest BCUT2D eigenvalue weighted by Crippen LogP contribution is -2.36. The van der Waals surface area contributed by atoms with Gasteiger partial charge in [0.2, 0.25) is 5.75 Å². The molecule has 1 saturated carbocycles. The first-order chi connectivity index (χ1) is 15.9. The van der Waals surface area contributed by atoms with E-state index in [9.17, 15) is 9.59 Å². The standard InChI is InChI=1S/C24H29N3O5S/c1-30-19-13-16(14-20(31-2)21(19)32-3)23(29)27-24(33)26-18-11-9-15(10-12-18)22(28)25-17-7-5-4-6-8-17/h9-14,17H,4-8H2,1-3H3,(H,25,28)(H2,26,27,29,33). The Morgan fingerprint density at radius 2 is 1.45 bits per heavy atom. The summed E-state index contributed by atoms with van der Waals surface area (Å²) in [6.45, 7) is 0. The average Bonchev–Trinajstić information content (AvgIpc) is 2.83. The van der Waals surface area contributed by atoms with Crippen LogP contribution in [0.5, 0.6) is 17.2 Å². The van der Waals surface area contributed by atoms with Crippen molar-refractivity contribution in [2.45, 2.75) is 38.1 Å². The van der Waals surface area contributed by atoms with Gasteiger partial charge in [-0.25, -0.2) is 0 Å². The molecular formula is C24H29N3O5S. The number of anilines is 1. The number of hydrogen-bond donors (Lipinski definition) is 3. The van der Waals surface area contributed by atoms with Crippen molar-refractivity contribution in [2.75, 3.05) is 26.6 Å². The normalized spacial score (nSPS) is 13.5. The summed E-state index contributed by atoms with van der Waals surface area (Å²) in [7, 11) is 4.44. The van der Waals surface area contributed by atoms with Crippen molar-refractivity contribution in [3.05, 3.63) is 47.5 Å². The van der Waals surface area contributed by atoms with E-state index in [-0.39, 0.29) is 17.1 Å². The van der Waals surface area contributed by atoms with Crippen molar-refractivity contribution in [1.82, 2.24) is 10.6 Å². The van der Waals surface area contributed by atoms with Gasteiger partial charge in [0.15, 0.2) is 16.6 Å². The zero-order chi connectivity index (χ0) is 23.8. The van der Waals surface area contributed by atoms with Crippen LogP contribution in [0.4, 0.5) is 5.69 Å². The van der Waals surface area contributed by atoms with Gasteiger partial charge in [0, 0.05) is 22.9 Å². The average molecular weight is 472 g/mol. The van der Waals surface area contributed by atoms with E-state index in [0.29, 0.717) is 34.1 Å². The van der Waals surface area contributed by atoms with Crippen LogP contribution in [0.3, 0.4) is 0 Å². The molecule has 2 aromatic carbocycles. The molecule has 0 spiro atoms. The highest BCUT2D eigenvalue weighted by molar-refractivity contribution is 7.80. The van der Waals surface area contributed by atoms with Gasteiger partial charge in [-0.1, -0.05) is 19.3 Å². The molecule has 0 radical (unpaired) electrons. The second kappa shape index (κ2) is 11.5. The second-order valence-corrected chi connectivity index (χ2v) is 8.12. The fourth-order valence-corrected chi connectivity index (χ4v) is 3.98. The fourth-order valence-electron chi connectivity index (χ4n) is 3.77. The molecule has 0 unspecified atom stereocenters. The van der Waals surface area contributed by atoms with E-state index in [1.54, 1.807) is 36.4 Å². The summed E-state index contributed by atoms with van der Waals surface area (Å²) in [4.78, 5) is 25.1. The zero-order valence-electron chi connectivity index (χ0n) is 19.0. The maximum absolute atomic E-state index is 12.7. The highest BCUT2D eigenvalue weighted by Crippen LogP contribution is 2.38. The van der Waals surface area contributed by atoms with E-state index < -0.39 is 5.91 Å². The highest BCUT2D eigenvalue weighted by atomic mass is 32.1. The minimum atomic E-state index is -0.435. The lowest BCUT2D eigenvalue weighted by molar-refractivity contribution is 0.0926. The molecule has 3 rings (SSSR count). The highest BCUT2D eigenvalue weighted by Gasteiger charge is 2.18. The topological polar surface area (TPSA) is 97.9 Å². The molecule has 9 heteroatoms. The first-order valence-corrected chi connectivity index (χ1v) is 11.2. The van der Waals surface area contributed by atoms with Gasteiger partial charge >= 0.3 is 0 Å². The van der Waals surface area contributed by atoms with Crippen molar-refractivity contribution < 1.29 is 23.8 Å². The van der Waals surface area contributed by atoms with Crippen LogP contribution in [-0.2, 0) is 0 Å². The first-order valence-electron chi connectivity index (χ1n) is 10.8. The van der Waals surface area contributed by atoms with Gasteiger partial charge in [0.1, 0.15) is 0 Å². The number of hydrogen-bond acceptors (Lipinski definition) is 6. The molecule has 1 aliphatic rings. The third kappa shape index (κ3) is 6.35. The molecule has 1 aliphatic carbocycles. The lowest BCUT2D eigenvalue weighted by atomic mass is 9.95. The van der Waals surface area contributed by atoms with E-state index in [4.69, 9.17) is 26.4 Å². The Balaban J connectivity index is 1.59. The Hall–Kier alpha value is -3.33. The van der Waals surface area contributed by atoms with Crippen LogP contribution in [0, 0.1) is 0 Å². The zero-order valence-corrected chi connectivity index (χ0v) is 19.8. The number of nitrogens with one attached hydrogen (secondary N) is 3. The molecule has 3 N–H and O–H groups in total. The molecular weight excluding hydrogens is 442 g/mol. The molecule has 0 aliphatic heterocycles. The van der Waals surface area contributed by atoms with Gasteiger partial charge in [0.05, 0.1) is 21.3 Å². The van der Waals surface area contributed by atoms with E-state index in [1.165, 1.54) is 27.8 Å². The van der Waals surface area contributed by atoms with Crippen LogP contribution in [0.25, 0.3) is 0 Å². The minimum Gasteiger partial charge on any atom is -0.493 e. The van der Waals surface area contributed by atoms with Gasteiger partial charge < -0.3 is 24.8 Å². The Morgan fingerprint density at radius 1 is 0.848 bits per heavy atom. The SMILES string of the molecule is COc1cc(C(=O)NC(=S)Nc2ccc(C(=O)NC3CCCCC3)cc2)cc(OC)c1OC. The maximum Gasteiger partial charge on any atom is 0.257 e. The molecule has 2 amide bonds. The molecule has 1 fully saturated rings. The Morgan fingerprint density at radius 3 is 2.00 bits per heavy atom. The number of methoxy groups -OCH3 is 3. The minimum absolute atomic E-state index is 0.0771. The van der Waals surface area contributed by atoms with Crippen molar-refractivity contribution in [2.24, 2.45) is 0 Å². The van der Waals surface area contributed by atoms with E-state index >= 15 is 0 Å². The number of benzene rings is 2. The number of carbonyl (C=O) groups excluding carboxylic acids is 2. The monoisotopic (exact) mass is 471 g/mol. The third-order valence-electron chi connectivity index (χ3n) is 5.50. The summed E-state index contributed by atoms with van der Waals surface area (Å²) < 4.78 is 15.8. The summed E-state index contributed by atoms with van der Waals surface area (Å²) in [5.74, 6) is 0.609. The van der Waals surface area contributed by atoms with Crippen molar-refractivity contribution >= 4 is 34.8 Å². The van der Waals surface area contributed by atoms with Crippen LogP contribution < -0.4 is 30.2 Å². The quantitative estimate of drug-likeness (QED) is 0.527. The molecule has 0 saturated heterocycles. The molecule has 176 valence electrons. The number of rotatable bonds is 7. The van der Waals surface area contributed by atoms with Crippen LogP contribution in [0.1, 0.15) is 52.8 Å². The van der Waals surface area contributed by atoms with Crippen molar-refractivity contribution in [3.8, 4) is 17.2 Å². The fraction of sp³-hybridized carbons (Fsp3) is 0.375. The van der Waals surface area contributed by atoms with Crippen LogP contribution >= 0.6 is 12.2 Å². The van der Waals surface area contributed by atoms with Crippen molar-refractivity contribution in [1.29, 1.82) is 0 Å². The predicted molar refractivity (Wildman–Crippen MR) is 131 cm³/mol. The van der Waals surface area contributed by atoms with E-state index in [2.05, 4.69) is 16.0 Å². The molecule has 8 nitrogen and oxygen atoms in total. The van der Waals surface area contributed by atoms with Gasteiger partial charge in [0.25, 0.3) is 11.8 Å². The smallest absolute Gasteiger partial charge is 0.257 e. The number of carbonyl (C=O) groups is 2. The van der Waals surface area contributed by atoms with Crippen molar-refractivity contribution in [3.63, 3.8) is 0 Å². The molecule has 33 heavy (non-hydrogen) atoms. The maximum atomic E-state index is 12.7. The number of thiocarbonyl (C=S) groups is 1. The Labute approximate surface area is 199 Å². The first kappa shape index (κ1) is 24.3. The van der Waals surface area contributed by atoms with Gasteiger partial charge in [-0.05, 0) is 61.5 Å². The summed E-state index contributed by atoms with van der Waals surface area (Å²) in [6, 6.07) is 10.3. The Bertz CT molecular complexity index is 979. The molecule has 0 aromatic heterocycles. The molecule has 0 heterocycles. The van der Waals surface area contributed by atoms with E-state index in [0.717, 1.165) is 25.7 Å². The predicted octanol–water partition coefficient (Wildman–Crippen LogP) is 3.90. The lowest BCUT2D eigenvalue weighted by Gasteiger charge is -2.22. The number of amides is 2. The molecule has 0 bridgehead atoms. The summed E-state index contributed by atoms with van der Waals surface area (Å²) in [6.07, 6.45) is 5.62. The third-order valence-corrected chi connectivity index (χ3v) is 5.70. The van der Waals surface area contributed by atoms with Crippen LogP contribution in [-0.4, -0.2) is 44.3 Å². The molecule has 0 atom stereocenters. The second-order valence-electron chi connectivity index (χ2n) is 7.71. The Kier molecular flexibility index (Phi) is 8.48. The van der Waals surface area contributed by atoms with E-state index in [1.807, 2.05) is 0 Å². The van der Waals surface area contributed by atoms with Gasteiger partial charge in [-0.3, -0.25) is 14.9 Å². The van der Waals surface area contributed by atoms with Crippen LogP contribution in [0.2, 0.25) is 0 Å². The van der Waals surface area contributed by atoms with Crippen LogP contribution in [0.15, 0.2) is 36.4 Å². The summed E-state index contributed by atoms with van der Waals surface area (Å²) in [5, 5.41) is 8.79. The summed E-state index contributed by atoms with van der Waals surface area (Å²) >= 11 is 5.27. The largest absolute Gasteiger partial charge is 0.493 e.